The maximum absolute atomic E-state index is 12.3. The molecule has 2 aromatic carbocycles. The maximum Gasteiger partial charge on any atom is 0.224 e. The first-order valence-electron chi connectivity index (χ1n) is 10.0. The largest absolute Gasteiger partial charge is 0.496 e. The third-order valence-corrected chi connectivity index (χ3v) is 5.95. The van der Waals surface area contributed by atoms with Crippen LogP contribution in [0.15, 0.2) is 53.9 Å². The van der Waals surface area contributed by atoms with Crippen LogP contribution in [0.5, 0.6) is 5.75 Å². The Labute approximate surface area is 180 Å². The van der Waals surface area contributed by atoms with Gasteiger partial charge in [-0.25, -0.2) is 4.98 Å². The predicted octanol–water partition coefficient (Wildman–Crippen LogP) is 4.23. The molecule has 0 radical (unpaired) electrons. The monoisotopic (exact) mass is 423 g/mol. The Hall–Kier alpha value is -2.90. The Morgan fingerprint density at radius 2 is 1.93 bits per heavy atom. The van der Waals surface area contributed by atoms with Crippen molar-refractivity contribution in [1.82, 2.24) is 4.98 Å². The lowest BCUT2D eigenvalue weighted by Crippen LogP contribution is -2.36. The van der Waals surface area contributed by atoms with Gasteiger partial charge in [0.25, 0.3) is 0 Å². The van der Waals surface area contributed by atoms with Gasteiger partial charge in [-0.15, -0.1) is 11.3 Å². The van der Waals surface area contributed by atoms with Crippen LogP contribution in [0.4, 0.5) is 10.8 Å². The lowest BCUT2D eigenvalue weighted by atomic mass is 10.1. The maximum atomic E-state index is 12.3. The molecule has 1 saturated heterocycles. The first-order valence-corrected chi connectivity index (χ1v) is 10.9. The fourth-order valence-corrected chi connectivity index (χ4v) is 4.29. The summed E-state index contributed by atoms with van der Waals surface area (Å²) in [4.78, 5) is 19.4. The second-order valence-electron chi connectivity index (χ2n) is 7.05. The van der Waals surface area contributed by atoms with Gasteiger partial charge < -0.3 is 19.7 Å². The molecule has 0 unspecified atom stereocenters. The number of morpholine rings is 1. The summed E-state index contributed by atoms with van der Waals surface area (Å²) in [5.74, 6) is 0.797. The SMILES string of the molecule is COc1ccccc1CCC(=O)Nc1ccc(-c2csc(N3CCOCC3)n2)cc1. The van der Waals surface area contributed by atoms with Gasteiger partial charge in [-0.2, -0.15) is 0 Å². The summed E-state index contributed by atoms with van der Waals surface area (Å²) < 4.78 is 10.8. The van der Waals surface area contributed by atoms with Gasteiger partial charge in [0.1, 0.15) is 5.75 Å². The Kier molecular flexibility index (Phi) is 6.61. The van der Waals surface area contributed by atoms with E-state index >= 15 is 0 Å². The van der Waals surface area contributed by atoms with Crippen molar-refractivity contribution in [3.05, 3.63) is 59.5 Å². The summed E-state index contributed by atoms with van der Waals surface area (Å²) in [5, 5.41) is 6.07. The van der Waals surface area contributed by atoms with E-state index in [1.165, 1.54) is 0 Å². The summed E-state index contributed by atoms with van der Waals surface area (Å²) in [6.07, 6.45) is 1.04. The third kappa shape index (κ3) is 4.98. The normalized spacial score (nSPS) is 13.8. The number of rotatable bonds is 7. The molecule has 6 nitrogen and oxygen atoms in total. The molecule has 0 aliphatic carbocycles. The molecule has 7 heteroatoms. The molecular weight excluding hydrogens is 398 g/mol. The number of carbonyl (C=O) groups excluding carboxylic acids is 1. The number of anilines is 2. The van der Waals surface area contributed by atoms with E-state index in [4.69, 9.17) is 14.5 Å². The summed E-state index contributed by atoms with van der Waals surface area (Å²) in [6, 6.07) is 15.6. The number of ether oxygens (including phenoxy) is 2. The minimum Gasteiger partial charge on any atom is -0.496 e. The van der Waals surface area contributed by atoms with Crippen molar-refractivity contribution >= 4 is 28.1 Å². The standard InChI is InChI=1S/C23H25N3O3S/c1-28-21-5-3-2-4-18(21)8-11-22(27)24-19-9-6-17(7-10-19)20-16-30-23(25-20)26-12-14-29-15-13-26/h2-7,9-10,16H,8,11-15H2,1H3,(H,24,27). The highest BCUT2D eigenvalue weighted by atomic mass is 32.1. The molecule has 1 N–H and O–H groups in total. The number of thiazole rings is 1. The third-order valence-electron chi connectivity index (χ3n) is 5.05. The molecule has 4 rings (SSSR count). The van der Waals surface area contributed by atoms with Crippen LogP contribution in [-0.4, -0.2) is 44.3 Å². The van der Waals surface area contributed by atoms with E-state index in [0.29, 0.717) is 12.8 Å². The molecule has 0 atom stereocenters. The number of para-hydroxylation sites is 1. The number of hydrogen-bond donors (Lipinski definition) is 1. The fourth-order valence-electron chi connectivity index (χ4n) is 3.40. The van der Waals surface area contributed by atoms with Gasteiger partial charge in [0, 0.05) is 36.1 Å². The molecule has 1 amide bonds. The Bertz CT molecular complexity index is 981. The van der Waals surface area contributed by atoms with E-state index in [1.807, 2.05) is 48.5 Å². The van der Waals surface area contributed by atoms with Gasteiger partial charge in [0.05, 0.1) is 26.0 Å². The van der Waals surface area contributed by atoms with E-state index in [1.54, 1.807) is 18.4 Å². The molecule has 2 heterocycles. The highest BCUT2D eigenvalue weighted by Crippen LogP contribution is 2.28. The quantitative estimate of drug-likeness (QED) is 0.616. The van der Waals surface area contributed by atoms with Crippen LogP contribution in [0.25, 0.3) is 11.3 Å². The number of carbonyl (C=O) groups is 1. The Morgan fingerprint density at radius 1 is 1.17 bits per heavy atom. The van der Waals surface area contributed by atoms with Gasteiger partial charge in [0.15, 0.2) is 5.13 Å². The average molecular weight is 424 g/mol. The molecule has 156 valence electrons. The average Bonchev–Trinajstić information content (AvgIpc) is 3.29. The Balaban J connectivity index is 1.33. The molecule has 30 heavy (non-hydrogen) atoms. The summed E-state index contributed by atoms with van der Waals surface area (Å²) in [7, 11) is 1.65. The van der Waals surface area contributed by atoms with Crippen molar-refractivity contribution in [3.63, 3.8) is 0 Å². The summed E-state index contributed by atoms with van der Waals surface area (Å²) in [6.45, 7) is 3.26. The van der Waals surface area contributed by atoms with E-state index in [0.717, 1.165) is 59.7 Å². The van der Waals surface area contributed by atoms with E-state index in [2.05, 4.69) is 15.6 Å². The minimum absolute atomic E-state index is 0.0167. The van der Waals surface area contributed by atoms with Gasteiger partial charge in [-0.05, 0) is 30.2 Å². The van der Waals surface area contributed by atoms with Crippen molar-refractivity contribution in [3.8, 4) is 17.0 Å². The van der Waals surface area contributed by atoms with Crippen molar-refractivity contribution in [2.24, 2.45) is 0 Å². The smallest absolute Gasteiger partial charge is 0.224 e. The summed E-state index contributed by atoms with van der Waals surface area (Å²) in [5.41, 5.74) is 3.81. The van der Waals surface area contributed by atoms with Crippen LogP contribution >= 0.6 is 11.3 Å². The lowest BCUT2D eigenvalue weighted by molar-refractivity contribution is -0.116. The van der Waals surface area contributed by atoms with E-state index in [-0.39, 0.29) is 5.91 Å². The molecular formula is C23H25N3O3S. The minimum atomic E-state index is -0.0167. The van der Waals surface area contributed by atoms with Gasteiger partial charge in [-0.1, -0.05) is 30.3 Å². The van der Waals surface area contributed by atoms with Crippen molar-refractivity contribution in [1.29, 1.82) is 0 Å². The zero-order valence-corrected chi connectivity index (χ0v) is 17.8. The number of methoxy groups -OCH3 is 1. The molecule has 3 aromatic rings. The lowest BCUT2D eigenvalue weighted by Gasteiger charge is -2.26. The number of aryl methyl sites for hydroxylation is 1. The van der Waals surface area contributed by atoms with E-state index < -0.39 is 0 Å². The predicted molar refractivity (Wildman–Crippen MR) is 121 cm³/mol. The zero-order chi connectivity index (χ0) is 20.8. The number of nitrogens with one attached hydrogen (secondary N) is 1. The molecule has 1 aliphatic heterocycles. The van der Waals surface area contributed by atoms with Crippen LogP contribution in [0.2, 0.25) is 0 Å². The molecule has 0 bridgehead atoms. The molecule has 1 aromatic heterocycles. The molecule has 1 aliphatic rings. The number of hydrogen-bond acceptors (Lipinski definition) is 6. The van der Waals surface area contributed by atoms with Crippen molar-refractivity contribution in [2.45, 2.75) is 12.8 Å². The number of benzene rings is 2. The van der Waals surface area contributed by atoms with E-state index in [9.17, 15) is 4.79 Å². The molecule has 1 fully saturated rings. The van der Waals surface area contributed by atoms with Crippen molar-refractivity contribution in [2.75, 3.05) is 43.6 Å². The zero-order valence-electron chi connectivity index (χ0n) is 17.0. The second-order valence-corrected chi connectivity index (χ2v) is 7.89. The number of nitrogens with zero attached hydrogens (tertiary/aromatic N) is 2. The van der Waals surface area contributed by atoms with Gasteiger partial charge >= 0.3 is 0 Å². The highest BCUT2D eigenvalue weighted by Gasteiger charge is 2.15. The highest BCUT2D eigenvalue weighted by molar-refractivity contribution is 7.14. The molecule has 0 saturated carbocycles. The first kappa shape index (κ1) is 20.4. The van der Waals surface area contributed by atoms with Crippen LogP contribution in [0.3, 0.4) is 0 Å². The topological polar surface area (TPSA) is 63.7 Å². The van der Waals surface area contributed by atoms with Crippen LogP contribution < -0.4 is 15.0 Å². The summed E-state index contributed by atoms with van der Waals surface area (Å²) >= 11 is 1.65. The Morgan fingerprint density at radius 3 is 2.70 bits per heavy atom. The van der Waals surface area contributed by atoms with Crippen LogP contribution in [0, 0.1) is 0 Å². The number of amides is 1. The van der Waals surface area contributed by atoms with Gasteiger partial charge in [-0.3, -0.25) is 4.79 Å². The van der Waals surface area contributed by atoms with Crippen molar-refractivity contribution < 1.29 is 14.3 Å². The molecule has 0 spiro atoms. The second kappa shape index (κ2) is 9.73. The van der Waals surface area contributed by atoms with Gasteiger partial charge in [0.2, 0.25) is 5.91 Å². The number of aromatic nitrogens is 1. The van der Waals surface area contributed by atoms with Crippen LogP contribution in [0.1, 0.15) is 12.0 Å². The first-order chi connectivity index (χ1) is 14.7. The fraction of sp³-hybridized carbons (Fsp3) is 0.304. The van der Waals surface area contributed by atoms with Crippen LogP contribution in [-0.2, 0) is 16.0 Å².